The highest BCUT2D eigenvalue weighted by Crippen LogP contribution is 2.30. The minimum atomic E-state index is -0.488. The van der Waals surface area contributed by atoms with Crippen LogP contribution in [0, 0.1) is 15.5 Å². The molecule has 1 rings (SSSR count). The molecule has 94 valence electrons. The molecule has 0 bridgehead atoms. The maximum Gasteiger partial charge on any atom is 0.271 e. The summed E-state index contributed by atoms with van der Waals surface area (Å²) in [6.07, 6.45) is 0. The number of nitrogens with zero attached hydrogens (tertiary/aromatic N) is 1. The number of benzene rings is 1. The monoisotopic (exact) mass is 321 g/mol. The first-order chi connectivity index (χ1) is 7.85. The standard InChI is InChI=1S/C11H13BrClNO3/c1-11(2,6-12)7-17-10-4-3-8(14(15)16)5-9(10)13/h3-5H,6-7H2,1-2H3. The third-order valence-electron chi connectivity index (χ3n) is 2.11. The van der Waals surface area contributed by atoms with Crippen molar-refractivity contribution in [2.75, 3.05) is 11.9 Å². The van der Waals surface area contributed by atoms with E-state index < -0.39 is 4.92 Å². The Kier molecular flexibility index (Phi) is 4.77. The van der Waals surface area contributed by atoms with Gasteiger partial charge in [-0.1, -0.05) is 41.4 Å². The molecule has 0 saturated carbocycles. The molecule has 0 radical (unpaired) electrons. The Morgan fingerprint density at radius 1 is 1.53 bits per heavy atom. The van der Waals surface area contributed by atoms with Gasteiger partial charge in [-0.3, -0.25) is 10.1 Å². The lowest BCUT2D eigenvalue weighted by atomic mass is 9.98. The minimum Gasteiger partial charge on any atom is -0.491 e. The van der Waals surface area contributed by atoms with E-state index in [1.807, 2.05) is 13.8 Å². The number of nitro benzene ring substituents is 1. The van der Waals surface area contributed by atoms with Gasteiger partial charge in [-0.15, -0.1) is 0 Å². The summed E-state index contributed by atoms with van der Waals surface area (Å²) in [6.45, 7) is 4.57. The second kappa shape index (κ2) is 5.69. The van der Waals surface area contributed by atoms with Gasteiger partial charge in [-0.2, -0.15) is 0 Å². The number of hydrogen-bond donors (Lipinski definition) is 0. The molecule has 0 atom stereocenters. The van der Waals surface area contributed by atoms with E-state index in [9.17, 15) is 10.1 Å². The van der Waals surface area contributed by atoms with Crippen molar-refractivity contribution < 1.29 is 9.66 Å². The molecule has 0 aliphatic carbocycles. The molecule has 0 N–H and O–H groups in total. The maximum absolute atomic E-state index is 10.5. The lowest BCUT2D eigenvalue weighted by molar-refractivity contribution is -0.384. The second-order valence-electron chi connectivity index (χ2n) is 4.46. The van der Waals surface area contributed by atoms with Crippen molar-refractivity contribution in [3.05, 3.63) is 33.3 Å². The number of rotatable bonds is 5. The van der Waals surface area contributed by atoms with Gasteiger partial charge >= 0.3 is 0 Å². The van der Waals surface area contributed by atoms with Crippen LogP contribution in [-0.4, -0.2) is 16.9 Å². The quantitative estimate of drug-likeness (QED) is 0.467. The highest BCUT2D eigenvalue weighted by Gasteiger charge is 2.18. The van der Waals surface area contributed by atoms with E-state index in [1.165, 1.54) is 18.2 Å². The van der Waals surface area contributed by atoms with E-state index >= 15 is 0 Å². The molecular formula is C11H13BrClNO3. The van der Waals surface area contributed by atoms with Crippen molar-refractivity contribution in [2.45, 2.75) is 13.8 Å². The summed E-state index contributed by atoms with van der Waals surface area (Å²) in [5, 5.41) is 11.6. The largest absolute Gasteiger partial charge is 0.491 e. The predicted octanol–water partition coefficient (Wildman–Crippen LogP) is 4.05. The van der Waals surface area contributed by atoms with E-state index in [2.05, 4.69) is 15.9 Å². The zero-order chi connectivity index (χ0) is 13.1. The number of hydrogen-bond acceptors (Lipinski definition) is 3. The first kappa shape index (κ1) is 14.3. The first-order valence-corrected chi connectivity index (χ1v) is 6.48. The van der Waals surface area contributed by atoms with Gasteiger partial charge in [0.2, 0.25) is 0 Å². The SMILES string of the molecule is CC(C)(CBr)COc1ccc([N+](=O)[O-])cc1Cl. The summed E-state index contributed by atoms with van der Waals surface area (Å²) in [5.41, 5.74) is -0.0624. The van der Waals surface area contributed by atoms with Crippen molar-refractivity contribution in [1.82, 2.24) is 0 Å². The van der Waals surface area contributed by atoms with Gasteiger partial charge in [0, 0.05) is 22.9 Å². The van der Waals surface area contributed by atoms with Gasteiger partial charge in [0.25, 0.3) is 5.69 Å². The van der Waals surface area contributed by atoms with Crippen LogP contribution in [0.15, 0.2) is 18.2 Å². The van der Waals surface area contributed by atoms with Gasteiger partial charge in [0.15, 0.2) is 0 Å². The number of alkyl halides is 1. The van der Waals surface area contributed by atoms with Crippen LogP contribution in [0.1, 0.15) is 13.8 Å². The van der Waals surface area contributed by atoms with Gasteiger partial charge in [-0.25, -0.2) is 0 Å². The zero-order valence-corrected chi connectivity index (χ0v) is 11.9. The average Bonchev–Trinajstić information content (AvgIpc) is 2.27. The van der Waals surface area contributed by atoms with E-state index in [-0.39, 0.29) is 16.1 Å². The third-order valence-corrected chi connectivity index (χ3v) is 3.92. The number of non-ortho nitro benzene ring substituents is 1. The summed E-state index contributed by atoms with van der Waals surface area (Å²) in [7, 11) is 0. The van der Waals surface area contributed by atoms with Crippen LogP contribution in [0.25, 0.3) is 0 Å². The fraction of sp³-hybridized carbons (Fsp3) is 0.455. The van der Waals surface area contributed by atoms with E-state index in [0.29, 0.717) is 12.4 Å². The third kappa shape index (κ3) is 4.16. The predicted molar refractivity (Wildman–Crippen MR) is 71.2 cm³/mol. The molecule has 0 unspecified atom stereocenters. The van der Waals surface area contributed by atoms with Crippen LogP contribution in [-0.2, 0) is 0 Å². The fourth-order valence-corrected chi connectivity index (χ4v) is 1.42. The molecule has 0 aliphatic rings. The lowest BCUT2D eigenvalue weighted by Crippen LogP contribution is -2.22. The summed E-state index contributed by atoms with van der Waals surface area (Å²) in [4.78, 5) is 10.0. The van der Waals surface area contributed by atoms with E-state index in [0.717, 1.165) is 5.33 Å². The summed E-state index contributed by atoms with van der Waals surface area (Å²) >= 11 is 9.30. The van der Waals surface area contributed by atoms with Crippen LogP contribution >= 0.6 is 27.5 Å². The van der Waals surface area contributed by atoms with Crippen molar-refractivity contribution in [1.29, 1.82) is 0 Å². The van der Waals surface area contributed by atoms with Crippen molar-refractivity contribution >= 4 is 33.2 Å². The van der Waals surface area contributed by atoms with Crippen LogP contribution in [0.4, 0.5) is 5.69 Å². The van der Waals surface area contributed by atoms with Crippen LogP contribution in [0.5, 0.6) is 5.75 Å². The molecule has 0 amide bonds. The Morgan fingerprint density at radius 2 is 2.18 bits per heavy atom. The molecule has 0 fully saturated rings. The smallest absolute Gasteiger partial charge is 0.271 e. The highest BCUT2D eigenvalue weighted by atomic mass is 79.9. The molecule has 0 saturated heterocycles. The molecule has 0 aliphatic heterocycles. The molecule has 0 heterocycles. The highest BCUT2D eigenvalue weighted by molar-refractivity contribution is 9.09. The Labute approximate surface area is 113 Å². The molecule has 0 spiro atoms. The molecule has 1 aromatic rings. The number of nitro groups is 1. The van der Waals surface area contributed by atoms with Gasteiger partial charge < -0.3 is 4.74 Å². The first-order valence-electron chi connectivity index (χ1n) is 4.98. The maximum atomic E-state index is 10.5. The number of halogens is 2. The van der Waals surface area contributed by atoms with Gasteiger partial charge in [-0.05, 0) is 6.07 Å². The zero-order valence-electron chi connectivity index (χ0n) is 9.57. The topological polar surface area (TPSA) is 52.4 Å². The molecule has 1 aromatic carbocycles. The van der Waals surface area contributed by atoms with Gasteiger partial charge in [0.05, 0.1) is 16.6 Å². The van der Waals surface area contributed by atoms with Crippen LogP contribution < -0.4 is 4.74 Å². The minimum absolute atomic E-state index is 0.0227. The normalized spacial score (nSPS) is 11.3. The summed E-state index contributed by atoms with van der Waals surface area (Å²) in [5.74, 6) is 0.464. The Hall–Kier alpha value is -0.810. The second-order valence-corrected chi connectivity index (χ2v) is 5.43. The molecule has 0 aromatic heterocycles. The lowest BCUT2D eigenvalue weighted by Gasteiger charge is -2.22. The Morgan fingerprint density at radius 3 is 2.65 bits per heavy atom. The Balaban J connectivity index is 2.77. The van der Waals surface area contributed by atoms with Crippen molar-refractivity contribution in [2.24, 2.45) is 5.41 Å². The summed E-state index contributed by atoms with van der Waals surface area (Å²) in [6, 6.07) is 4.19. The Bertz CT molecular complexity index is 423. The van der Waals surface area contributed by atoms with E-state index in [4.69, 9.17) is 16.3 Å². The van der Waals surface area contributed by atoms with Crippen molar-refractivity contribution in [3.8, 4) is 5.75 Å². The molecular weight excluding hydrogens is 309 g/mol. The molecule has 4 nitrogen and oxygen atoms in total. The molecule has 17 heavy (non-hydrogen) atoms. The number of ether oxygens (including phenoxy) is 1. The molecule has 6 heteroatoms. The summed E-state index contributed by atoms with van der Waals surface area (Å²) < 4.78 is 5.54. The average molecular weight is 323 g/mol. The van der Waals surface area contributed by atoms with Crippen LogP contribution in [0.3, 0.4) is 0 Å². The fourth-order valence-electron chi connectivity index (χ4n) is 1.03. The van der Waals surface area contributed by atoms with Crippen LogP contribution in [0.2, 0.25) is 5.02 Å². The van der Waals surface area contributed by atoms with Gasteiger partial charge in [0.1, 0.15) is 5.75 Å². The van der Waals surface area contributed by atoms with E-state index in [1.54, 1.807) is 0 Å². The van der Waals surface area contributed by atoms with Crippen molar-refractivity contribution in [3.63, 3.8) is 0 Å².